The first-order valence-corrected chi connectivity index (χ1v) is 7.62. The van der Waals surface area contributed by atoms with Gasteiger partial charge < -0.3 is 15.2 Å². The van der Waals surface area contributed by atoms with Gasteiger partial charge in [-0.05, 0) is 34.1 Å². The molecule has 0 aromatic heterocycles. The highest BCUT2D eigenvalue weighted by molar-refractivity contribution is 9.11. The molecular formula is C13H15Br2NO3. The Hall–Kier alpha value is -0.430. The molecule has 0 saturated carbocycles. The minimum Gasteiger partial charge on any atom is -0.388 e. The van der Waals surface area contributed by atoms with Crippen molar-refractivity contribution in [2.45, 2.75) is 18.4 Å². The lowest BCUT2D eigenvalue weighted by Crippen LogP contribution is -2.46. The van der Waals surface area contributed by atoms with E-state index in [-0.39, 0.29) is 12.5 Å². The predicted octanol–water partition coefficient (Wildman–Crippen LogP) is 2.48. The van der Waals surface area contributed by atoms with Gasteiger partial charge in [-0.2, -0.15) is 0 Å². The van der Waals surface area contributed by atoms with Crippen LogP contribution in [0.2, 0.25) is 0 Å². The van der Waals surface area contributed by atoms with E-state index in [4.69, 9.17) is 4.74 Å². The molecule has 2 N–H and O–H groups in total. The lowest BCUT2D eigenvalue weighted by molar-refractivity contribution is -0.0605. The third-order valence-electron chi connectivity index (χ3n) is 3.18. The molecule has 1 aliphatic heterocycles. The van der Waals surface area contributed by atoms with Crippen LogP contribution >= 0.6 is 31.9 Å². The Kier molecular flexibility index (Phi) is 5.00. The van der Waals surface area contributed by atoms with Crippen LogP contribution in [0, 0.1) is 0 Å². The summed E-state index contributed by atoms with van der Waals surface area (Å²) in [6, 6.07) is 5.36. The fourth-order valence-corrected chi connectivity index (χ4v) is 3.17. The zero-order valence-corrected chi connectivity index (χ0v) is 13.5. The molecule has 0 aliphatic carbocycles. The average molecular weight is 393 g/mol. The second kappa shape index (κ2) is 6.35. The van der Waals surface area contributed by atoms with Crippen molar-refractivity contribution in [3.63, 3.8) is 0 Å². The number of rotatable bonds is 3. The van der Waals surface area contributed by atoms with Gasteiger partial charge in [0.1, 0.15) is 0 Å². The number of amides is 1. The Morgan fingerprint density at radius 2 is 2.05 bits per heavy atom. The lowest BCUT2D eigenvalue weighted by Gasteiger charge is -2.32. The third-order valence-corrected chi connectivity index (χ3v) is 4.33. The van der Waals surface area contributed by atoms with Crippen LogP contribution in [0.5, 0.6) is 0 Å². The molecule has 1 fully saturated rings. The number of hydrogen-bond acceptors (Lipinski definition) is 3. The minimum atomic E-state index is -0.851. The van der Waals surface area contributed by atoms with Crippen LogP contribution in [0.1, 0.15) is 23.2 Å². The Morgan fingerprint density at radius 1 is 1.37 bits per heavy atom. The van der Waals surface area contributed by atoms with Gasteiger partial charge in [0.25, 0.3) is 5.91 Å². The number of nitrogens with one attached hydrogen (secondary N) is 1. The number of ether oxygens (including phenoxy) is 1. The molecule has 0 spiro atoms. The zero-order valence-electron chi connectivity index (χ0n) is 10.3. The first-order valence-electron chi connectivity index (χ1n) is 6.04. The molecule has 0 radical (unpaired) electrons. The number of carbonyl (C=O) groups is 1. The van der Waals surface area contributed by atoms with E-state index in [1.807, 2.05) is 12.1 Å². The highest BCUT2D eigenvalue weighted by Gasteiger charge is 2.30. The van der Waals surface area contributed by atoms with Crippen LogP contribution in [-0.2, 0) is 4.74 Å². The predicted molar refractivity (Wildman–Crippen MR) is 79.2 cm³/mol. The van der Waals surface area contributed by atoms with Crippen molar-refractivity contribution in [2.75, 3.05) is 19.8 Å². The normalized spacial score (nSPS) is 18.1. The largest absolute Gasteiger partial charge is 0.388 e. The number of carbonyl (C=O) groups excluding carboxylic acids is 1. The van der Waals surface area contributed by atoms with E-state index in [2.05, 4.69) is 37.2 Å². The van der Waals surface area contributed by atoms with Gasteiger partial charge in [0.05, 0.1) is 11.2 Å². The molecule has 0 atom stereocenters. The van der Waals surface area contributed by atoms with E-state index in [1.54, 1.807) is 6.07 Å². The van der Waals surface area contributed by atoms with E-state index in [0.29, 0.717) is 31.6 Å². The maximum absolute atomic E-state index is 12.1. The lowest BCUT2D eigenvalue weighted by atomic mass is 9.94. The molecule has 2 rings (SSSR count). The van der Waals surface area contributed by atoms with Crippen LogP contribution in [0.3, 0.4) is 0 Å². The van der Waals surface area contributed by atoms with Crippen molar-refractivity contribution in [2.24, 2.45) is 0 Å². The number of aliphatic hydroxyl groups is 1. The number of benzene rings is 1. The van der Waals surface area contributed by atoms with Gasteiger partial charge in [0.2, 0.25) is 0 Å². The average Bonchev–Trinajstić information content (AvgIpc) is 2.37. The number of hydrogen-bond donors (Lipinski definition) is 2. The van der Waals surface area contributed by atoms with Gasteiger partial charge in [-0.1, -0.05) is 15.9 Å². The summed E-state index contributed by atoms with van der Waals surface area (Å²) in [6.45, 7) is 1.32. The van der Waals surface area contributed by atoms with Gasteiger partial charge >= 0.3 is 0 Å². The molecule has 0 unspecified atom stereocenters. The fourth-order valence-electron chi connectivity index (χ4n) is 1.94. The van der Waals surface area contributed by atoms with Crippen LogP contribution in [0.25, 0.3) is 0 Å². The monoisotopic (exact) mass is 391 g/mol. The van der Waals surface area contributed by atoms with Crippen LogP contribution in [0.4, 0.5) is 0 Å². The molecule has 1 aliphatic rings. The minimum absolute atomic E-state index is 0.195. The van der Waals surface area contributed by atoms with Gasteiger partial charge in [-0.15, -0.1) is 0 Å². The van der Waals surface area contributed by atoms with Gasteiger partial charge in [-0.3, -0.25) is 4.79 Å². The molecule has 6 heteroatoms. The van der Waals surface area contributed by atoms with E-state index < -0.39 is 5.60 Å². The van der Waals surface area contributed by atoms with Crippen LogP contribution in [-0.4, -0.2) is 36.4 Å². The Balaban J connectivity index is 1.97. The summed E-state index contributed by atoms with van der Waals surface area (Å²) < 4.78 is 6.83. The van der Waals surface area contributed by atoms with Crippen molar-refractivity contribution in [3.05, 3.63) is 32.7 Å². The summed E-state index contributed by atoms with van der Waals surface area (Å²) in [5.74, 6) is -0.195. The fraction of sp³-hybridized carbons (Fsp3) is 0.462. The smallest absolute Gasteiger partial charge is 0.252 e. The highest BCUT2D eigenvalue weighted by atomic mass is 79.9. The molecule has 1 heterocycles. The highest BCUT2D eigenvalue weighted by Crippen LogP contribution is 2.23. The van der Waals surface area contributed by atoms with Crippen molar-refractivity contribution in [1.82, 2.24) is 5.32 Å². The Bertz CT molecular complexity index is 473. The maximum Gasteiger partial charge on any atom is 0.252 e. The summed E-state index contributed by atoms with van der Waals surface area (Å²) in [6.07, 6.45) is 1.10. The molecule has 1 aromatic rings. The zero-order chi connectivity index (χ0) is 13.9. The molecular weight excluding hydrogens is 378 g/mol. The molecule has 104 valence electrons. The Morgan fingerprint density at radius 3 is 2.68 bits per heavy atom. The molecule has 1 amide bonds. The first kappa shape index (κ1) is 15.0. The topological polar surface area (TPSA) is 58.6 Å². The summed E-state index contributed by atoms with van der Waals surface area (Å²) in [5.41, 5.74) is -0.297. The van der Waals surface area contributed by atoms with Gasteiger partial charge in [-0.25, -0.2) is 0 Å². The second-order valence-corrected chi connectivity index (χ2v) is 6.41. The summed E-state index contributed by atoms with van der Waals surface area (Å²) >= 11 is 6.69. The van der Waals surface area contributed by atoms with Crippen molar-refractivity contribution in [3.8, 4) is 0 Å². The number of halogens is 2. The van der Waals surface area contributed by atoms with E-state index >= 15 is 0 Å². The Labute approximate surface area is 128 Å². The molecule has 4 nitrogen and oxygen atoms in total. The van der Waals surface area contributed by atoms with Gasteiger partial charge in [0.15, 0.2) is 0 Å². The SMILES string of the molecule is O=C(NCC1(O)CCOCC1)c1ccc(Br)cc1Br. The quantitative estimate of drug-likeness (QED) is 0.830. The van der Waals surface area contributed by atoms with E-state index in [9.17, 15) is 9.90 Å². The van der Waals surface area contributed by atoms with Crippen LogP contribution < -0.4 is 5.32 Å². The molecule has 1 saturated heterocycles. The van der Waals surface area contributed by atoms with Gasteiger partial charge in [0, 0.05) is 41.5 Å². The van der Waals surface area contributed by atoms with Crippen molar-refractivity contribution in [1.29, 1.82) is 0 Å². The van der Waals surface area contributed by atoms with Crippen molar-refractivity contribution >= 4 is 37.8 Å². The summed E-state index contributed by atoms with van der Waals surface area (Å²) in [5, 5.41) is 13.0. The van der Waals surface area contributed by atoms with E-state index in [1.165, 1.54) is 0 Å². The summed E-state index contributed by atoms with van der Waals surface area (Å²) in [7, 11) is 0. The summed E-state index contributed by atoms with van der Waals surface area (Å²) in [4.78, 5) is 12.1. The molecule has 19 heavy (non-hydrogen) atoms. The first-order chi connectivity index (χ1) is 9.00. The maximum atomic E-state index is 12.1. The van der Waals surface area contributed by atoms with Crippen LogP contribution in [0.15, 0.2) is 27.1 Å². The van der Waals surface area contributed by atoms with E-state index in [0.717, 1.165) is 8.95 Å². The third kappa shape index (κ3) is 4.02. The van der Waals surface area contributed by atoms with Crippen molar-refractivity contribution < 1.29 is 14.6 Å². The second-order valence-electron chi connectivity index (χ2n) is 4.64. The standard InChI is InChI=1S/C13H15Br2NO3/c14-9-1-2-10(11(15)7-9)12(17)16-8-13(18)3-5-19-6-4-13/h1-2,7,18H,3-6,8H2,(H,16,17). The molecule has 0 bridgehead atoms. The molecule has 1 aromatic carbocycles.